The quantitative estimate of drug-likeness (QED) is 0.759. The van der Waals surface area contributed by atoms with Crippen LogP contribution >= 0.6 is 0 Å². The number of hydrogen-bond donors (Lipinski definition) is 1. The number of benzene rings is 1. The van der Waals surface area contributed by atoms with Crippen molar-refractivity contribution in [2.24, 2.45) is 0 Å². The van der Waals surface area contributed by atoms with E-state index in [1.807, 2.05) is 4.72 Å². The molecule has 1 aromatic rings. The first kappa shape index (κ1) is 14.2. The van der Waals surface area contributed by atoms with E-state index in [0.717, 1.165) is 0 Å². The van der Waals surface area contributed by atoms with Crippen molar-refractivity contribution in [2.75, 3.05) is 6.61 Å². The summed E-state index contributed by atoms with van der Waals surface area (Å²) in [6, 6.07) is 6.09. The van der Waals surface area contributed by atoms with Crippen LogP contribution in [0.25, 0.3) is 0 Å². The second-order valence-corrected chi connectivity index (χ2v) is 5.01. The lowest BCUT2D eigenvalue weighted by Gasteiger charge is -1.91. The first-order valence-electron chi connectivity index (χ1n) is 5.18. The lowest BCUT2D eigenvalue weighted by atomic mass is 10.2. The van der Waals surface area contributed by atoms with Gasteiger partial charge in [0.25, 0.3) is 15.9 Å². The molecular weight excluding hydrogens is 258 g/mol. The summed E-state index contributed by atoms with van der Waals surface area (Å²) >= 11 is 0. The summed E-state index contributed by atoms with van der Waals surface area (Å²) in [7, 11) is -3.55. The van der Waals surface area contributed by atoms with Crippen LogP contribution in [0.3, 0.4) is 0 Å². The van der Waals surface area contributed by atoms with Crippen molar-refractivity contribution >= 4 is 21.9 Å². The molecular formula is C11H13NO5S. The third kappa shape index (κ3) is 3.30. The number of hydrogen-bond acceptors (Lipinski definition) is 5. The molecule has 0 saturated heterocycles. The molecule has 6 nitrogen and oxygen atoms in total. The van der Waals surface area contributed by atoms with Gasteiger partial charge >= 0.3 is 5.97 Å². The number of nitrogens with one attached hydrogen (secondary N) is 1. The molecule has 0 atom stereocenters. The monoisotopic (exact) mass is 271 g/mol. The van der Waals surface area contributed by atoms with Crippen LogP contribution in [0.2, 0.25) is 0 Å². The van der Waals surface area contributed by atoms with Crippen LogP contribution in [-0.4, -0.2) is 26.9 Å². The van der Waals surface area contributed by atoms with Gasteiger partial charge in [0.1, 0.15) is 4.90 Å². The number of fused-ring (bicyclic) bond motifs is 1. The Morgan fingerprint density at radius 1 is 1.33 bits per heavy atom. The van der Waals surface area contributed by atoms with Crippen LogP contribution in [0.4, 0.5) is 0 Å². The summed E-state index contributed by atoms with van der Waals surface area (Å²) in [6.45, 7) is 3.65. The Morgan fingerprint density at radius 3 is 2.39 bits per heavy atom. The fourth-order valence-electron chi connectivity index (χ4n) is 1.32. The molecule has 0 unspecified atom stereocenters. The minimum atomic E-state index is -3.55. The van der Waals surface area contributed by atoms with Gasteiger partial charge in [-0.2, -0.15) is 0 Å². The molecule has 1 amide bonds. The maximum absolute atomic E-state index is 11.1. The molecule has 1 aromatic carbocycles. The standard InChI is InChI=1S/C7H5NO3S.C4H8O2/c9-7-5-3-1-2-4-6(5)12(10,11)8-7;1-3-6-4(2)5/h1-4H,(H,8,9);3H2,1-2H3. The molecule has 1 N–H and O–H groups in total. The lowest BCUT2D eigenvalue weighted by Crippen LogP contribution is -2.20. The summed E-state index contributed by atoms with van der Waals surface area (Å²) in [6.07, 6.45) is 0. The van der Waals surface area contributed by atoms with Crippen molar-refractivity contribution < 1.29 is 22.7 Å². The van der Waals surface area contributed by atoms with Gasteiger partial charge in [-0.25, -0.2) is 13.1 Å². The van der Waals surface area contributed by atoms with Crippen molar-refractivity contribution in [3.8, 4) is 0 Å². The van der Waals surface area contributed by atoms with E-state index in [9.17, 15) is 18.0 Å². The van der Waals surface area contributed by atoms with Crippen LogP contribution in [0.15, 0.2) is 29.2 Å². The minimum absolute atomic E-state index is 0.0648. The van der Waals surface area contributed by atoms with Crippen molar-refractivity contribution in [1.29, 1.82) is 0 Å². The van der Waals surface area contributed by atoms with E-state index in [-0.39, 0.29) is 16.4 Å². The minimum Gasteiger partial charge on any atom is -0.466 e. The first-order chi connectivity index (χ1) is 8.38. The van der Waals surface area contributed by atoms with Gasteiger partial charge in [0, 0.05) is 6.92 Å². The average molecular weight is 271 g/mol. The van der Waals surface area contributed by atoms with Crippen LogP contribution in [0.5, 0.6) is 0 Å². The molecule has 2 rings (SSSR count). The van der Waals surface area contributed by atoms with Gasteiger partial charge in [-0.1, -0.05) is 12.1 Å². The van der Waals surface area contributed by atoms with E-state index in [2.05, 4.69) is 4.74 Å². The summed E-state index contributed by atoms with van der Waals surface area (Å²) in [5.41, 5.74) is 0.220. The molecule has 0 radical (unpaired) electrons. The van der Waals surface area contributed by atoms with E-state index in [1.54, 1.807) is 19.1 Å². The number of carbonyl (C=O) groups excluding carboxylic acids is 2. The molecule has 7 heteroatoms. The Labute approximate surface area is 105 Å². The van der Waals surface area contributed by atoms with Gasteiger partial charge in [-0.05, 0) is 19.1 Å². The predicted octanol–water partition coefficient (Wildman–Crippen LogP) is 0.688. The number of amides is 1. The van der Waals surface area contributed by atoms with Gasteiger partial charge in [-0.3, -0.25) is 9.59 Å². The third-order valence-electron chi connectivity index (χ3n) is 2.00. The second-order valence-electron chi connectivity index (χ2n) is 3.36. The van der Waals surface area contributed by atoms with Crippen LogP contribution in [0.1, 0.15) is 24.2 Å². The fourth-order valence-corrected chi connectivity index (χ4v) is 2.50. The Morgan fingerprint density at radius 2 is 1.94 bits per heavy atom. The van der Waals surface area contributed by atoms with Gasteiger partial charge in [0.05, 0.1) is 12.2 Å². The summed E-state index contributed by atoms with van der Waals surface area (Å²) in [5.74, 6) is -0.761. The average Bonchev–Trinajstić information content (AvgIpc) is 2.51. The fraction of sp³-hybridized carbons (Fsp3) is 0.273. The molecule has 0 saturated carbocycles. The SMILES string of the molecule is CCOC(C)=O.O=C1NS(=O)(=O)c2ccccc21. The van der Waals surface area contributed by atoms with E-state index in [4.69, 9.17) is 0 Å². The van der Waals surface area contributed by atoms with E-state index >= 15 is 0 Å². The van der Waals surface area contributed by atoms with Crippen LogP contribution < -0.4 is 4.72 Å². The highest BCUT2D eigenvalue weighted by atomic mass is 32.2. The summed E-state index contributed by atoms with van der Waals surface area (Å²) in [5, 5.41) is 0. The third-order valence-corrected chi connectivity index (χ3v) is 3.39. The predicted molar refractivity (Wildman–Crippen MR) is 63.4 cm³/mol. The van der Waals surface area contributed by atoms with E-state index < -0.39 is 15.9 Å². The van der Waals surface area contributed by atoms with Gasteiger partial charge in [0.2, 0.25) is 0 Å². The summed E-state index contributed by atoms with van der Waals surface area (Å²) in [4.78, 5) is 20.9. The smallest absolute Gasteiger partial charge is 0.302 e. The highest BCUT2D eigenvalue weighted by Crippen LogP contribution is 2.20. The zero-order chi connectivity index (χ0) is 13.8. The van der Waals surface area contributed by atoms with Crippen LogP contribution in [0, 0.1) is 0 Å². The lowest BCUT2D eigenvalue weighted by molar-refractivity contribution is -0.140. The van der Waals surface area contributed by atoms with Crippen LogP contribution in [-0.2, 0) is 19.6 Å². The molecule has 0 aromatic heterocycles. The number of rotatable bonds is 1. The molecule has 98 valence electrons. The molecule has 18 heavy (non-hydrogen) atoms. The molecule has 0 aliphatic carbocycles. The zero-order valence-electron chi connectivity index (χ0n) is 9.97. The topological polar surface area (TPSA) is 89.5 Å². The first-order valence-corrected chi connectivity index (χ1v) is 6.66. The Hall–Kier alpha value is -1.89. The van der Waals surface area contributed by atoms with Gasteiger partial charge in [0.15, 0.2) is 0 Å². The Bertz CT molecular complexity index is 565. The van der Waals surface area contributed by atoms with Crippen molar-refractivity contribution in [2.45, 2.75) is 18.7 Å². The second kappa shape index (κ2) is 5.63. The van der Waals surface area contributed by atoms with Crippen molar-refractivity contribution in [1.82, 2.24) is 4.72 Å². The molecule has 0 spiro atoms. The van der Waals surface area contributed by atoms with E-state index in [0.29, 0.717) is 6.61 Å². The number of esters is 1. The molecule has 1 aliphatic rings. The Kier molecular flexibility index (Phi) is 4.43. The van der Waals surface area contributed by atoms with Gasteiger partial charge < -0.3 is 4.74 Å². The van der Waals surface area contributed by atoms with Crippen molar-refractivity contribution in [3.63, 3.8) is 0 Å². The zero-order valence-corrected chi connectivity index (χ0v) is 10.8. The highest BCUT2D eigenvalue weighted by molar-refractivity contribution is 7.90. The molecule has 1 heterocycles. The van der Waals surface area contributed by atoms with Gasteiger partial charge in [-0.15, -0.1) is 0 Å². The summed E-state index contributed by atoms with van der Waals surface area (Å²) < 4.78 is 28.6. The molecule has 1 aliphatic heterocycles. The molecule has 0 bridgehead atoms. The number of carbonyl (C=O) groups is 2. The maximum atomic E-state index is 11.1. The maximum Gasteiger partial charge on any atom is 0.302 e. The number of ether oxygens (including phenoxy) is 1. The Balaban J connectivity index is 0.000000232. The highest BCUT2D eigenvalue weighted by Gasteiger charge is 2.31. The van der Waals surface area contributed by atoms with Crippen molar-refractivity contribution in [3.05, 3.63) is 29.8 Å². The normalized spacial score (nSPS) is 14.9. The largest absolute Gasteiger partial charge is 0.466 e. The molecule has 0 fully saturated rings. The van der Waals surface area contributed by atoms with E-state index in [1.165, 1.54) is 19.1 Å². The number of sulfonamides is 1.